The molecule has 0 aromatic heterocycles. The first-order chi connectivity index (χ1) is 6.37. The van der Waals surface area contributed by atoms with Gasteiger partial charge in [0, 0.05) is 19.1 Å². The summed E-state index contributed by atoms with van der Waals surface area (Å²) in [5, 5.41) is -0.186. The molecular weight excluding hydrogens is 220 g/mol. The summed E-state index contributed by atoms with van der Waals surface area (Å²) in [4.78, 5) is 10.4. The summed E-state index contributed by atoms with van der Waals surface area (Å²) in [5.41, 5.74) is 0. The molecular formula is C8H12F4OS. The van der Waals surface area contributed by atoms with Crippen molar-refractivity contribution in [1.82, 2.24) is 0 Å². The molecule has 0 bridgehead atoms. The van der Waals surface area contributed by atoms with E-state index in [2.05, 4.69) is 0 Å². The van der Waals surface area contributed by atoms with Gasteiger partial charge in [0.1, 0.15) is 6.17 Å². The molecule has 0 aliphatic rings. The van der Waals surface area contributed by atoms with E-state index in [1.54, 1.807) is 0 Å². The number of hydrogen-bond donors (Lipinski definition) is 0. The van der Waals surface area contributed by atoms with E-state index in [1.165, 1.54) is 6.92 Å². The number of rotatable bonds is 6. The highest BCUT2D eigenvalue weighted by atomic mass is 32.2. The highest BCUT2D eigenvalue weighted by Gasteiger charge is 2.32. The van der Waals surface area contributed by atoms with Gasteiger partial charge in [-0.3, -0.25) is 4.79 Å². The van der Waals surface area contributed by atoms with Gasteiger partial charge in [0.2, 0.25) is 0 Å². The largest absolute Gasteiger partial charge is 0.288 e. The minimum Gasteiger partial charge on any atom is -0.288 e. The summed E-state index contributed by atoms with van der Waals surface area (Å²) in [6, 6.07) is 0. The van der Waals surface area contributed by atoms with Crippen molar-refractivity contribution in [3.05, 3.63) is 0 Å². The van der Waals surface area contributed by atoms with Crippen LogP contribution in [0.1, 0.15) is 19.8 Å². The molecule has 1 unspecified atom stereocenters. The third-order valence-corrected chi connectivity index (χ3v) is 2.30. The van der Waals surface area contributed by atoms with E-state index in [0.717, 1.165) is 11.8 Å². The van der Waals surface area contributed by atoms with Gasteiger partial charge in [0.15, 0.2) is 11.8 Å². The molecule has 0 aromatic rings. The molecule has 0 spiro atoms. The van der Waals surface area contributed by atoms with E-state index in [1.807, 2.05) is 0 Å². The molecule has 1 nitrogen and oxygen atoms in total. The lowest BCUT2D eigenvalue weighted by molar-refractivity contribution is -0.109. The summed E-state index contributed by atoms with van der Waals surface area (Å²) >= 11 is 0.876. The van der Waals surface area contributed by atoms with Crippen molar-refractivity contribution < 1.29 is 22.4 Å². The first-order valence-corrected chi connectivity index (χ1v) is 5.07. The lowest BCUT2D eigenvalue weighted by atomic mass is 10.1. The predicted molar refractivity (Wildman–Crippen MR) is 48.2 cm³/mol. The molecule has 0 radical (unpaired) electrons. The zero-order chi connectivity index (χ0) is 11.2. The highest BCUT2D eigenvalue weighted by Crippen LogP contribution is 2.24. The number of thioether (sulfide) groups is 1. The number of alkyl halides is 4. The maximum absolute atomic E-state index is 12.8. The Morgan fingerprint density at radius 3 is 2.50 bits per heavy atom. The van der Waals surface area contributed by atoms with Gasteiger partial charge < -0.3 is 0 Å². The maximum Gasteiger partial charge on any atom is 0.278 e. The van der Waals surface area contributed by atoms with Crippen molar-refractivity contribution in [2.45, 2.75) is 31.9 Å². The first-order valence-electron chi connectivity index (χ1n) is 4.08. The number of carbonyl (C=O) groups excluding carboxylic acids is 1. The molecule has 1 atom stereocenters. The third-order valence-electron chi connectivity index (χ3n) is 1.45. The van der Waals surface area contributed by atoms with Gasteiger partial charge >= 0.3 is 0 Å². The van der Waals surface area contributed by atoms with Crippen molar-refractivity contribution in [1.29, 1.82) is 0 Å². The molecule has 0 aliphatic heterocycles. The van der Waals surface area contributed by atoms with Gasteiger partial charge in [-0.25, -0.2) is 17.6 Å². The number of halogens is 4. The van der Waals surface area contributed by atoms with Crippen LogP contribution in [0.5, 0.6) is 0 Å². The highest BCUT2D eigenvalue weighted by molar-refractivity contribution is 8.13. The average molecular weight is 232 g/mol. The SMILES string of the molecule is CC(=O)SCCC(F)CC(F)(F)CF. The van der Waals surface area contributed by atoms with Crippen molar-refractivity contribution >= 4 is 16.9 Å². The Kier molecular flexibility index (Phi) is 6.15. The fourth-order valence-corrected chi connectivity index (χ4v) is 1.47. The topological polar surface area (TPSA) is 17.1 Å². The number of carbonyl (C=O) groups is 1. The first kappa shape index (κ1) is 13.7. The quantitative estimate of drug-likeness (QED) is 0.655. The van der Waals surface area contributed by atoms with Crippen LogP contribution in [0, 0.1) is 0 Å². The molecule has 0 heterocycles. The molecule has 0 N–H and O–H groups in total. The van der Waals surface area contributed by atoms with Crippen LogP contribution in [-0.4, -0.2) is 29.6 Å². The Morgan fingerprint density at radius 1 is 1.50 bits per heavy atom. The monoisotopic (exact) mass is 232 g/mol. The normalized spacial score (nSPS) is 14.1. The summed E-state index contributed by atoms with van der Waals surface area (Å²) in [5.74, 6) is -3.43. The van der Waals surface area contributed by atoms with Gasteiger partial charge in [-0.2, -0.15) is 0 Å². The molecule has 0 aromatic carbocycles. The second-order valence-corrected chi connectivity index (χ2v) is 4.19. The van der Waals surface area contributed by atoms with Gasteiger partial charge in [-0.05, 0) is 6.42 Å². The van der Waals surface area contributed by atoms with Gasteiger partial charge in [0.25, 0.3) is 5.92 Å². The van der Waals surface area contributed by atoms with E-state index in [0.29, 0.717) is 0 Å². The van der Waals surface area contributed by atoms with Crippen LogP contribution in [0.4, 0.5) is 17.6 Å². The summed E-state index contributed by atoms with van der Waals surface area (Å²) in [6.45, 7) is -0.526. The zero-order valence-corrected chi connectivity index (χ0v) is 8.55. The average Bonchev–Trinajstić information content (AvgIpc) is 2.02. The molecule has 14 heavy (non-hydrogen) atoms. The lowest BCUT2D eigenvalue weighted by Gasteiger charge is -2.14. The van der Waals surface area contributed by atoms with E-state index >= 15 is 0 Å². The van der Waals surface area contributed by atoms with E-state index in [9.17, 15) is 22.4 Å². The van der Waals surface area contributed by atoms with Crippen LogP contribution >= 0.6 is 11.8 Å². The molecule has 0 aliphatic carbocycles. The van der Waals surface area contributed by atoms with Gasteiger partial charge in [-0.15, -0.1) is 0 Å². The van der Waals surface area contributed by atoms with Crippen LogP contribution < -0.4 is 0 Å². The molecule has 6 heteroatoms. The molecule has 0 rings (SSSR count). The summed E-state index contributed by atoms with van der Waals surface area (Å²) in [6.07, 6.45) is -3.02. The Hall–Kier alpha value is -0.260. The van der Waals surface area contributed by atoms with Crippen LogP contribution in [0.2, 0.25) is 0 Å². The molecule has 0 amide bonds. The molecule has 84 valence electrons. The summed E-state index contributed by atoms with van der Waals surface area (Å²) in [7, 11) is 0. The fourth-order valence-electron chi connectivity index (χ4n) is 0.811. The van der Waals surface area contributed by atoms with Crippen LogP contribution in [-0.2, 0) is 4.79 Å². The Balaban J connectivity index is 3.65. The van der Waals surface area contributed by atoms with Crippen LogP contribution in [0.3, 0.4) is 0 Å². The van der Waals surface area contributed by atoms with E-state index < -0.39 is 25.2 Å². The van der Waals surface area contributed by atoms with Crippen LogP contribution in [0.15, 0.2) is 0 Å². The Bertz CT molecular complexity index is 186. The van der Waals surface area contributed by atoms with Crippen molar-refractivity contribution in [2.75, 3.05) is 12.4 Å². The predicted octanol–water partition coefficient (Wildman–Crippen LogP) is 2.99. The maximum atomic E-state index is 12.8. The Labute approximate surface area is 84.2 Å². The third kappa shape index (κ3) is 7.17. The van der Waals surface area contributed by atoms with E-state index in [4.69, 9.17) is 0 Å². The van der Waals surface area contributed by atoms with Crippen LogP contribution in [0.25, 0.3) is 0 Å². The second-order valence-electron chi connectivity index (χ2n) is 2.92. The van der Waals surface area contributed by atoms with Crippen molar-refractivity contribution in [3.8, 4) is 0 Å². The summed E-state index contributed by atoms with van der Waals surface area (Å²) < 4.78 is 49.0. The van der Waals surface area contributed by atoms with Gasteiger partial charge in [0.05, 0.1) is 0 Å². The van der Waals surface area contributed by atoms with Gasteiger partial charge in [-0.1, -0.05) is 11.8 Å². The zero-order valence-electron chi connectivity index (χ0n) is 7.73. The molecule has 0 fully saturated rings. The lowest BCUT2D eigenvalue weighted by Crippen LogP contribution is -2.24. The van der Waals surface area contributed by atoms with Crippen molar-refractivity contribution in [3.63, 3.8) is 0 Å². The Morgan fingerprint density at radius 2 is 2.07 bits per heavy atom. The minimum absolute atomic E-state index is 0.152. The van der Waals surface area contributed by atoms with Crippen molar-refractivity contribution in [2.24, 2.45) is 0 Å². The molecule has 0 saturated heterocycles. The second kappa shape index (κ2) is 6.27. The standard InChI is InChI=1S/C8H12F4OS/c1-6(13)14-3-2-7(10)4-8(11,12)5-9/h7H,2-5H2,1H3. The fraction of sp³-hybridized carbons (Fsp3) is 0.875. The molecule has 0 saturated carbocycles. The smallest absolute Gasteiger partial charge is 0.278 e. The number of hydrogen-bond acceptors (Lipinski definition) is 2. The van der Waals surface area contributed by atoms with E-state index in [-0.39, 0.29) is 17.3 Å². The minimum atomic E-state index is -3.58.